The summed E-state index contributed by atoms with van der Waals surface area (Å²) >= 11 is 0. The van der Waals surface area contributed by atoms with E-state index in [-0.39, 0.29) is 25.7 Å². The normalized spacial score (nSPS) is 23.3. The van der Waals surface area contributed by atoms with E-state index in [9.17, 15) is 28.0 Å². The van der Waals surface area contributed by atoms with Crippen LogP contribution in [0, 0.1) is 0 Å². The highest BCUT2D eigenvalue weighted by molar-refractivity contribution is 7.88. The van der Waals surface area contributed by atoms with E-state index in [2.05, 4.69) is 5.48 Å². The van der Waals surface area contributed by atoms with Gasteiger partial charge in [-0.3, -0.25) is 14.8 Å². The van der Waals surface area contributed by atoms with Crippen molar-refractivity contribution in [1.29, 1.82) is 0 Å². The molecule has 2 aliphatic rings. The average molecular weight is 367 g/mol. The second-order valence-electron chi connectivity index (χ2n) is 5.15. The summed E-state index contributed by atoms with van der Waals surface area (Å²) in [6.45, 7) is -0.307. The van der Waals surface area contributed by atoms with E-state index in [1.54, 1.807) is 0 Å². The number of amides is 4. The number of piperidine rings is 1. The molecule has 5 N–H and O–H groups in total. The van der Waals surface area contributed by atoms with Gasteiger partial charge in [0.1, 0.15) is 6.04 Å². The second-order valence-corrected chi connectivity index (χ2v) is 6.65. The van der Waals surface area contributed by atoms with Crippen molar-refractivity contribution in [3.05, 3.63) is 0 Å². The summed E-state index contributed by atoms with van der Waals surface area (Å²) in [7, 11) is -4.20. The summed E-state index contributed by atoms with van der Waals surface area (Å²) in [5, 5.41) is 18.4. The van der Waals surface area contributed by atoms with Gasteiger partial charge in [-0.2, -0.15) is 13.1 Å². The zero-order valence-electron chi connectivity index (χ0n) is 12.3. The highest BCUT2D eigenvalue weighted by Crippen LogP contribution is 2.28. The van der Waals surface area contributed by atoms with E-state index in [4.69, 9.17) is 9.94 Å². The molecule has 13 nitrogen and oxygen atoms in total. The van der Waals surface area contributed by atoms with E-state index in [0.29, 0.717) is 17.9 Å². The molecular formula is C10H17N5O8S. The van der Waals surface area contributed by atoms with Gasteiger partial charge in [0, 0.05) is 13.1 Å². The number of fused-ring (bicyclic) bond motifs is 2. The topological polar surface area (TPSA) is 178 Å². The third-order valence-corrected chi connectivity index (χ3v) is 4.57. The molecule has 0 aromatic rings. The van der Waals surface area contributed by atoms with Crippen molar-refractivity contribution in [2.45, 2.75) is 24.9 Å². The predicted molar refractivity (Wildman–Crippen MR) is 74.7 cm³/mol. The Balaban J connectivity index is 1.71. The summed E-state index contributed by atoms with van der Waals surface area (Å²) in [5.74, 6) is -0.594. The minimum absolute atomic E-state index is 0.244. The Kier molecular flexibility index (Phi) is 5.43. The van der Waals surface area contributed by atoms with Crippen molar-refractivity contribution in [3.8, 4) is 0 Å². The van der Waals surface area contributed by atoms with Crippen molar-refractivity contribution in [3.63, 3.8) is 0 Å². The molecule has 0 aromatic carbocycles. The Bertz CT molecular complexity index is 625. The van der Waals surface area contributed by atoms with Gasteiger partial charge in [-0.15, -0.1) is 0 Å². The van der Waals surface area contributed by atoms with Crippen molar-refractivity contribution in [2.75, 3.05) is 19.7 Å². The van der Waals surface area contributed by atoms with Gasteiger partial charge in [0.2, 0.25) is 0 Å². The number of nitrogens with one attached hydrogen (secondary N) is 3. The Morgan fingerprint density at radius 3 is 2.71 bits per heavy atom. The van der Waals surface area contributed by atoms with Crippen molar-refractivity contribution in [2.24, 2.45) is 0 Å². The van der Waals surface area contributed by atoms with E-state index >= 15 is 0 Å². The Labute approximate surface area is 136 Å². The van der Waals surface area contributed by atoms with E-state index < -0.39 is 34.3 Å². The van der Waals surface area contributed by atoms with Crippen LogP contribution in [0.4, 0.5) is 9.59 Å². The molecule has 2 heterocycles. The highest BCUT2D eigenvalue weighted by Gasteiger charge is 2.46. The molecule has 2 aliphatic heterocycles. The lowest BCUT2D eigenvalue weighted by Crippen LogP contribution is -2.50. The van der Waals surface area contributed by atoms with Crippen LogP contribution in [0.1, 0.15) is 12.8 Å². The summed E-state index contributed by atoms with van der Waals surface area (Å²) in [4.78, 5) is 39.9. The van der Waals surface area contributed by atoms with Gasteiger partial charge < -0.3 is 10.0 Å². The first-order chi connectivity index (χ1) is 11.2. The fraction of sp³-hybridized carbons (Fsp3) is 0.700. The van der Waals surface area contributed by atoms with Gasteiger partial charge >= 0.3 is 22.3 Å². The summed E-state index contributed by atoms with van der Waals surface area (Å²) in [6, 6.07) is -1.75. The Morgan fingerprint density at radius 2 is 2.04 bits per heavy atom. The van der Waals surface area contributed by atoms with Crippen LogP contribution in [-0.2, 0) is 19.8 Å². The molecular weight excluding hydrogens is 350 g/mol. The Morgan fingerprint density at radius 1 is 1.33 bits per heavy atom. The molecule has 2 fully saturated rings. The lowest BCUT2D eigenvalue weighted by molar-refractivity contribution is -0.138. The minimum Gasteiger partial charge on any atom is -0.464 e. The van der Waals surface area contributed by atoms with Gasteiger partial charge in [-0.1, -0.05) is 0 Å². The molecule has 0 radical (unpaired) electrons. The first-order valence-electron chi connectivity index (χ1n) is 6.92. The molecule has 0 saturated carbocycles. The van der Waals surface area contributed by atoms with Gasteiger partial charge in [0.05, 0.1) is 12.6 Å². The molecule has 2 bridgehead atoms. The van der Waals surface area contributed by atoms with Gasteiger partial charge in [-0.05, 0) is 12.8 Å². The lowest BCUT2D eigenvalue weighted by Gasteiger charge is -2.28. The molecule has 2 saturated heterocycles. The quantitative estimate of drug-likeness (QED) is 0.191. The summed E-state index contributed by atoms with van der Waals surface area (Å²) in [6.07, 6.45) is -0.907. The highest BCUT2D eigenvalue weighted by atomic mass is 32.2. The average Bonchev–Trinajstić information content (AvgIpc) is 2.70. The fourth-order valence-corrected chi connectivity index (χ4v) is 3.15. The summed E-state index contributed by atoms with van der Waals surface area (Å²) < 4.78 is 25.4. The van der Waals surface area contributed by atoms with Crippen LogP contribution in [0.25, 0.3) is 0 Å². The minimum atomic E-state index is -4.20. The third kappa shape index (κ3) is 4.22. The fourth-order valence-electron chi connectivity index (χ4n) is 2.49. The molecule has 0 spiro atoms. The van der Waals surface area contributed by atoms with E-state index in [1.807, 2.05) is 4.72 Å². The molecule has 2 rings (SSSR count). The molecule has 2 atom stereocenters. The van der Waals surface area contributed by atoms with Gasteiger partial charge in [0.25, 0.3) is 5.91 Å². The largest absolute Gasteiger partial charge is 0.464 e. The van der Waals surface area contributed by atoms with Gasteiger partial charge in [-0.25, -0.2) is 24.9 Å². The van der Waals surface area contributed by atoms with Gasteiger partial charge in [0.15, 0.2) is 0 Å². The summed E-state index contributed by atoms with van der Waals surface area (Å²) in [5.41, 5.74) is 2.09. The number of hydrogen-bond acceptors (Lipinski definition) is 7. The zero-order valence-corrected chi connectivity index (χ0v) is 13.2. The molecule has 24 heavy (non-hydrogen) atoms. The Hall–Kier alpha value is -2.16. The number of nitrogens with zero attached hydrogens (tertiary/aromatic N) is 2. The van der Waals surface area contributed by atoms with Crippen LogP contribution < -0.4 is 14.9 Å². The molecule has 4 amide bonds. The number of hydrogen-bond donors (Lipinski definition) is 5. The zero-order chi connectivity index (χ0) is 17.9. The second kappa shape index (κ2) is 7.16. The molecule has 136 valence electrons. The maximum Gasteiger partial charge on any atom is 0.419 e. The molecule has 0 aromatic heterocycles. The lowest BCUT2D eigenvalue weighted by atomic mass is 10.0. The number of urea groups is 1. The number of carbonyl (C=O) groups excluding carboxylic acids is 2. The SMILES string of the molecule is O=C(O)NS(=O)(=O)NCCONC(=O)[C@@H]1CC[C@@H]2CN1C(=O)N2O. The van der Waals surface area contributed by atoms with Crippen LogP contribution in [0.15, 0.2) is 0 Å². The van der Waals surface area contributed by atoms with Crippen molar-refractivity contribution < 1.29 is 38.0 Å². The van der Waals surface area contributed by atoms with Crippen molar-refractivity contribution in [1.82, 2.24) is 24.9 Å². The predicted octanol–water partition coefficient (Wildman–Crippen LogP) is -2.21. The third-order valence-electron chi connectivity index (χ3n) is 3.54. The van der Waals surface area contributed by atoms with Crippen LogP contribution in [0.3, 0.4) is 0 Å². The van der Waals surface area contributed by atoms with E-state index in [1.165, 1.54) is 9.62 Å². The molecule has 0 aliphatic carbocycles. The monoisotopic (exact) mass is 367 g/mol. The maximum absolute atomic E-state index is 12.0. The number of rotatable bonds is 7. The van der Waals surface area contributed by atoms with E-state index in [0.717, 1.165) is 0 Å². The first kappa shape index (κ1) is 18.2. The molecule has 0 unspecified atom stereocenters. The van der Waals surface area contributed by atoms with Crippen LogP contribution in [-0.4, -0.2) is 78.5 Å². The van der Waals surface area contributed by atoms with Crippen LogP contribution in [0.2, 0.25) is 0 Å². The number of carbonyl (C=O) groups is 3. The van der Waals surface area contributed by atoms with Crippen LogP contribution >= 0.6 is 0 Å². The number of carboxylic acid groups (broad SMARTS) is 1. The van der Waals surface area contributed by atoms with Crippen molar-refractivity contribution >= 4 is 28.2 Å². The standard InChI is InChI=1S/C10H17N5O8S/c16-8(7-2-1-6-5-14(7)10(19)15(6)20)12-23-4-3-11-24(21,22)13-9(17)18/h6-7,11,13,20H,1-5H2,(H,12,16)(H,17,18)/t6-,7+/m1/s1. The molecule has 14 heteroatoms. The smallest absolute Gasteiger partial charge is 0.419 e. The number of hydroxylamine groups is 3. The van der Waals surface area contributed by atoms with Crippen LogP contribution in [0.5, 0.6) is 0 Å². The maximum atomic E-state index is 12.0. The first-order valence-corrected chi connectivity index (χ1v) is 8.40.